The molecule has 3 nitrogen and oxygen atoms in total. The van der Waals surface area contributed by atoms with Crippen molar-refractivity contribution in [2.75, 3.05) is 6.66 Å². The summed E-state index contributed by atoms with van der Waals surface area (Å²) in [5.41, 5.74) is 0. The molecule has 0 radical (unpaired) electrons. The summed E-state index contributed by atoms with van der Waals surface area (Å²) in [6.07, 6.45) is 0. The van der Waals surface area contributed by atoms with Gasteiger partial charge in [-0.2, -0.15) is 0 Å². The summed E-state index contributed by atoms with van der Waals surface area (Å²) in [5, 5.41) is 0. The van der Waals surface area contributed by atoms with Crippen LogP contribution in [0.25, 0.3) is 0 Å². The molecule has 6 heavy (non-hydrogen) atoms. The highest BCUT2D eigenvalue weighted by Crippen LogP contribution is 2.26. The summed E-state index contributed by atoms with van der Waals surface area (Å²) in [7, 11) is -2.39. The molecule has 0 fully saturated rings. The Morgan fingerprint density at radius 1 is 1.83 bits per heavy atom. The minimum atomic E-state index is -3.64. The van der Waals surface area contributed by atoms with Crippen molar-refractivity contribution in [2.45, 2.75) is 7.40 Å². The van der Waals surface area contributed by atoms with Crippen LogP contribution in [-0.4, -0.2) is 16.5 Å². The van der Waals surface area contributed by atoms with Crippen LogP contribution >= 0.6 is 7.60 Å². The Bertz CT molecular complexity index is 59.1. The third kappa shape index (κ3) is 1830. The lowest BCUT2D eigenvalue weighted by Gasteiger charge is -1.84. The Labute approximate surface area is 38.6 Å². The van der Waals surface area contributed by atoms with Crippen LogP contribution in [0.2, 0.25) is 0 Å². The third-order valence-corrected chi connectivity index (χ3v) is 0. The molecule has 0 aromatic rings. The molecule has 0 aromatic heterocycles. The highest BCUT2D eigenvalue weighted by Gasteiger charge is 1.95. The van der Waals surface area contributed by atoms with Gasteiger partial charge in [0, 0.05) is 8.04 Å². The predicted octanol–water partition coefficient (Wildman–Crippen LogP) is 0.430. The lowest BCUT2D eigenvalue weighted by molar-refractivity contribution is 0.381. The number of hydrogen-bond donors (Lipinski definition) is 2. The van der Waals surface area contributed by atoms with Crippen LogP contribution in [0.15, 0.2) is 0 Å². The van der Waals surface area contributed by atoms with Crippen molar-refractivity contribution >= 4 is 7.60 Å². The van der Waals surface area contributed by atoms with Gasteiger partial charge in [-0.25, -0.2) is 0 Å². The highest BCUT2D eigenvalue weighted by molar-refractivity contribution is 7.50. The van der Waals surface area contributed by atoms with E-state index >= 15 is 0 Å². The van der Waals surface area contributed by atoms with Crippen LogP contribution in [0.4, 0.5) is 0 Å². The zero-order valence-electron chi connectivity index (χ0n) is 4.75. The molecule has 4 heteroatoms. The first-order valence-corrected chi connectivity index (χ1v) is 3.09. The fraction of sp³-hybridized carbons (Fsp3) is 1.00. The zero-order chi connectivity index (χ0) is 6.50. The van der Waals surface area contributed by atoms with E-state index in [0.29, 0.717) is 0 Å². The van der Waals surface area contributed by atoms with Crippen LogP contribution < -0.4 is 0 Å². The summed E-state index contributed by atoms with van der Waals surface area (Å²) in [5.74, 6) is 0. The van der Waals surface area contributed by atoms with E-state index in [4.69, 9.17) is 11.2 Å². The average Bonchev–Trinajstić information content (AvgIpc) is 1.36. The molecule has 0 heterocycles. The molecule has 0 aliphatic heterocycles. The van der Waals surface area contributed by atoms with Crippen molar-refractivity contribution in [3.05, 3.63) is 0 Å². The lowest BCUT2D eigenvalue weighted by atomic mass is 12.0. The van der Waals surface area contributed by atoms with E-state index in [0.717, 1.165) is 6.66 Å². The second kappa shape index (κ2) is 2.35. The minimum absolute atomic E-state index is 0.854. The Morgan fingerprint density at radius 2 is 1.83 bits per heavy atom. The van der Waals surface area contributed by atoms with Gasteiger partial charge in [0.2, 0.25) is 0 Å². The van der Waals surface area contributed by atoms with Crippen molar-refractivity contribution in [3.8, 4) is 0 Å². The van der Waals surface area contributed by atoms with Crippen molar-refractivity contribution in [3.63, 3.8) is 0 Å². The summed E-state index contributed by atoms with van der Waals surface area (Å²) in [6, 6.07) is 0. The van der Waals surface area contributed by atoms with E-state index < -0.39 is 7.60 Å². The molecule has 0 bridgehead atoms. The van der Waals surface area contributed by atoms with Gasteiger partial charge in [0.1, 0.15) is 0 Å². The zero-order valence-corrected chi connectivity index (χ0v) is 4.64. The maximum absolute atomic E-state index is 9.33. The van der Waals surface area contributed by atoms with E-state index in [1.807, 2.05) is 0 Å². The van der Waals surface area contributed by atoms with Gasteiger partial charge in [-0.15, -0.1) is 0 Å². The largest absolute Gasteiger partial charge is 0.325 e. The van der Waals surface area contributed by atoms with Gasteiger partial charge >= 0.3 is 7.60 Å². The molecule has 2 N–H and O–H groups in total. The van der Waals surface area contributed by atoms with Crippen molar-refractivity contribution in [1.29, 1.82) is 0 Å². The van der Waals surface area contributed by atoms with E-state index in [2.05, 4.69) is 0 Å². The molecule has 0 aliphatic rings. The standard InChI is InChI=1S/CH5O3P.CH4/c1-5(2,3)4;/h1H3,(H2,2,3,4);1H4/i;1D. The Morgan fingerprint density at radius 3 is 1.83 bits per heavy atom. The third-order valence-electron chi connectivity index (χ3n) is 0. The molecule has 0 aliphatic carbocycles. The van der Waals surface area contributed by atoms with Crippen LogP contribution in [0, 0.1) is 0 Å². The Hall–Kier alpha value is 0.150. The van der Waals surface area contributed by atoms with Gasteiger partial charge in [0.05, 0.1) is 0 Å². The molecular weight excluding hydrogens is 103 g/mol. The van der Waals surface area contributed by atoms with Gasteiger partial charge in [-0.05, 0) is 0 Å². The van der Waals surface area contributed by atoms with Gasteiger partial charge in [0.25, 0.3) is 0 Å². The van der Waals surface area contributed by atoms with Crippen LogP contribution in [0.1, 0.15) is 8.77 Å². The fourth-order valence-electron chi connectivity index (χ4n) is 0. The second-order valence-corrected chi connectivity index (χ2v) is 2.51. The topological polar surface area (TPSA) is 57.5 Å². The van der Waals surface area contributed by atoms with E-state index in [9.17, 15) is 4.57 Å². The molecule has 0 aromatic carbocycles. The monoisotopic (exact) mass is 113 g/mol. The van der Waals surface area contributed by atoms with Crippen LogP contribution in [-0.2, 0) is 4.57 Å². The van der Waals surface area contributed by atoms with E-state index in [1.165, 1.54) is 7.40 Å². The molecule has 0 rings (SSSR count). The maximum atomic E-state index is 9.33. The van der Waals surface area contributed by atoms with Gasteiger partial charge < -0.3 is 9.79 Å². The summed E-state index contributed by atoms with van der Waals surface area (Å²) < 4.78 is 15.1. The summed E-state index contributed by atoms with van der Waals surface area (Å²) in [4.78, 5) is 15.3. The average molecular weight is 113 g/mol. The Kier molecular flexibility index (Phi) is 2.40. The quantitative estimate of drug-likeness (QED) is 0.448. The van der Waals surface area contributed by atoms with Gasteiger partial charge in [-0.1, -0.05) is 7.40 Å². The fourth-order valence-corrected chi connectivity index (χ4v) is 0. The smallest absolute Gasteiger partial charge is 0.322 e. The molecule has 0 unspecified atom stereocenters. The maximum Gasteiger partial charge on any atom is 0.322 e. The molecular formula is C2H9O3P. The SMILES string of the molecule is CP(=O)(O)O.[2H]C. The summed E-state index contributed by atoms with van der Waals surface area (Å²) >= 11 is 0. The van der Waals surface area contributed by atoms with Crippen LogP contribution in [0.3, 0.4) is 0 Å². The molecule has 0 amide bonds. The van der Waals surface area contributed by atoms with Gasteiger partial charge in [-0.3, -0.25) is 4.57 Å². The lowest BCUT2D eigenvalue weighted by Crippen LogP contribution is -1.64. The minimum Gasteiger partial charge on any atom is -0.325 e. The molecule has 0 atom stereocenters. The van der Waals surface area contributed by atoms with Crippen molar-refractivity contribution < 1.29 is 15.7 Å². The molecule has 40 valence electrons. The number of rotatable bonds is 0. The summed E-state index contributed by atoms with van der Waals surface area (Å²) in [6.45, 7) is 0.854. The van der Waals surface area contributed by atoms with Gasteiger partial charge in [0.15, 0.2) is 0 Å². The normalized spacial score (nSPS) is 11.0. The van der Waals surface area contributed by atoms with E-state index in [1.54, 1.807) is 0 Å². The van der Waals surface area contributed by atoms with Crippen LogP contribution in [0.5, 0.6) is 0 Å². The first-order chi connectivity index (χ1) is 3.00. The predicted molar refractivity (Wildman–Crippen MR) is 24.7 cm³/mol. The molecule has 0 saturated carbocycles. The first-order valence-electron chi connectivity index (χ1n) is 2.03. The number of hydrogen-bond acceptors (Lipinski definition) is 1. The molecule has 0 saturated heterocycles. The Balaban J connectivity index is 0. The second-order valence-electron chi connectivity index (χ2n) is 0.835. The highest BCUT2D eigenvalue weighted by atomic mass is 31.2. The van der Waals surface area contributed by atoms with E-state index in [-0.39, 0.29) is 0 Å². The van der Waals surface area contributed by atoms with Crippen molar-refractivity contribution in [2.24, 2.45) is 0 Å². The first kappa shape index (κ1) is 6.15. The molecule has 0 spiro atoms. The van der Waals surface area contributed by atoms with Crippen molar-refractivity contribution in [1.82, 2.24) is 0 Å².